The van der Waals surface area contributed by atoms with Crippen molar-refractivity contribution in [3.63, 3.8) is 0 Å². The number of carboxylic acid groups (broad SMARTS) is 1. The molecular formula is C16H21ClO2. The highest BCUT2D eigenvalue weighted by Crippen LogP contribution is 2.43. The first kappa shape index (κ1) is 14.4. The van der Waals surface area contributed by atoms with Gasteiger partial charge in [0.25, 0.3) is 0 Å². The summed E-state index contributed by atoms with van der Waals surface area (Å²) in [5.41, 5.74) is 1.28. The lowest BCUT2D eigenvalue weighted by Gasteiger charge is -2.25. The van der Waals surface area contributed by atoms with Crippen molar-refractivity contribution >= 4 is 17.6 Å². The molecule has 1 saturated carbocycles. The van der Waals surface area contributed by atoms with Crippen LogP contribution in [0.15, 0.2) is 18.2 Å². The number of aliphatic carboxylic acids is 1. The molecule has 1 aromatic carbocycles. The topological polar surface area (TPSA) is 37.3 Å². The van der Waals surface area contributed by atoms with Gasteiger partial charge >= 0.3 is 5.97 Å². The fourth-order valence-electron chi connectivity index (χ4n) is 3.05. The summed E-state index contributed by atoms with van der Waals surface area (Å²) in [6, 6.07) is 5.85. The van der Waals surface area contributed by atoms with Crippen molar-refractivity contribution in [2.75, 3.05) is 0 Å². The number of hydrogen-bond acceptors (Lipinski definition) is 1. The quantitative estimate of drug-likeness (QED) is 0.864. The van der Waals surface area contributed by atoms with Crippen molar-refractivity contribution in [1.82, 2.24) is 0 Å². The minimum absolute atomic E-state index is 0.408. The maximum atomic E-state index is 11.7. The molecule has 19 heavy (non-hydrogen) atoms. The zero-order valence-corrected chi connectivity index (χ0v) is 12.3. The van der Waals surface area contributed by atoms with Gasteiger partial charge in [-0.15, -0.1) is 0 Å². The van der Waals surface area contributed by atoms with Crippen LogP contribution in [0.1, 0.15) is 63.0 Å². The molecule has 1 atom stereocenters. The van der Waals surface area contributed by atoms with E-state index in [4.69, 9.17) is 11.6 Å². The Morgan fingerprint density at radius 2 is 2.05 bits per heavy atom. The number of carbonyl (C=O) groups is 1. The van der Waals surface area contributed by atoms with E-state index in [-0.39, 0.29) is 0 Å². The molecule has 1 fully saturated rings. The number of carboxylic acids is 1. The van der Waals surface area contributed by atoms with Crippen molar-refractivity contribution in [3.8, 4) is 0 Å². The molecule has 0 amide bonds. The van der Waals surface area contributed by atoms with E-state index in [2.05, 4.69) is 13.8 Å². The summed E-state index contributed by atoms with van der Waals surface area (Å²) in [5, 5.41) is 10.3. The van der Waals surface area contributed by atoms with Gasteiger partial charge in [0.05, 0.1) is 5.41 Å². The molecule has 1 N–H and O–H groups in total. The molecular weight excluding hydrogens is 260 g/mol. The van der Waals surface area contributed by atoms with Crippen LogP contribution in [0.4, 0.5) is 0 Å². The SMILES string of the molecule is CCC(C)c1ccc(C2(C(=O)O)CCCC2)cc1Cl. The number of hydrogen-bond donors (Lipinski definition) is 1. The van der Waals surface area contributed by atoms with E-state index in [1.54, 1.807) is 0 Å². The Morgan fingerprint density at radius 1 is 1.42 bits per heavy atom. The molecule has 0 heterocycles. The second kappa shape index (κ2) is 5.54. The molecule has 1 unspecified atom stereocenters. The van der Waals surface area contributed by atoms with Gasteiger partial charge < -0.3 is 5.11 Å². The molecule has 2 rings (SSSR count). The molecule has 0 bridgehead atoms. The fraction of sp³-hybridized carbons (Fsp3) is 0.562. The minimum atomic E-state index is -0.711. The van der Waals surface area contributed by atoms with Crippen molar-refractivity contribution in [1.29, 1.82) is 0 Å². The van der Waals surface area contributed by atoms with Gasteiger partial charge in [-0.1, -0.05) is 50.4 Å². The standard InChI is InChI=1S/C16H21ClO2/c1-3-11(2)13-7-6-12(10-14(13)17)16(15(18)19)8-4-5-9-16/h6-7,10-11H,3-5,8-9H2,1-2H3,(H,18,19). The molecule has 104 valence electrons. The van der Waals surface area contributed by atoms with Gasteiger partial charge in [0.1, 0.15) is 0 Å². The maximum Gasteiger partial charge on any atom is 0.314 e. The van der Waals surface area contributed by atoms with Crippen LogP contribution < -0.4 is 0 Å². The van der Waals surface area contributed by atoms with Crippen molar-refractivity contribution in [2.45, 2.75) is 57.3 Å². The second-order valence-corrected chi connectivity index (χ2v) is 6.05. The Bertz CT molecular complexity index is 476. The van der Waals surface area contributed by atoms with Crippen LogP contribution in [0.3, 0.4) is 0 Å². The van der Waals surface area contributed by atoms with Crippen LogP contribution in [0.25, 0.3) is 0 Å². The Hall–Kier alpha value is -1.02. The number of benzene rings is 1. The molecule has 0 aliphatic heterocycles. The first-order valence-electron chi connectivity index (χ1n) is 7.04. The van der Waals surface area contributed by atoms with E-state index in [1.165, 1.54) is 0 Å². The lowest BCUT2D eigenvalue weighted by atomic mass is 9.78. The van der Waals surface area contributed by atoms with Gasteiger partial charge in [0.2, 0.25) is 0 Å². The van der Waals surface area contributed by atoms with E-state index in [0.29, 0.717) is 10.9 Å². The third-order valence-corrected chi connectivity index (χ3v) is 4.89. The number of rotatable bonds is 4. The van der Waals surface area contributed by atoms with E-state index < -0.39 is 11.4 Å². The van der Waals surface area contributed by atoms with Gasteiger partial charge in [0, 0.05) is 5.02 Å². The van der Waals surface area contributed by atoms with Gasteiger partial charge in [-0.2, -0.15) is 0 Å². The predicted octanol–water partition coefficient (Wildman–Crippen LogP) is 4.75. The molecule has 3 heteroatoms. The van der Waals surface area contributed by atoms with Gasteiger partial charge in [-0.25, -0.2) is 0 Å². The normalized spacial score (nSPS) is 19.3. The highest BCUT2D eigenvalue weighted by atomic mass is 35.5. The van der Waals surface area contributed by atoms with Crippen LogP contribution in [0.2, 0.25) is 5.02 Å². The molecule has 1 aromatic rings. The van der Waals surface area contributed by atoms with Crippen LogP contribution in [-0.2, 0) is 10.2 Å². The van der Waals surface area contributed by atoms with Crippen LogP contribution in [-0.4, -0.2) is 11.1 Å². The summed E-state index contributed by atoms with van der Waals surface area (Å²) in [6.45, 7) is 4.27. The van der Waals surface area contributed by atoms with Crippen LogP contribution in [0.5, 0.6) is 0 Å². The second-order valence-electron chi connectivity index (χ2n) is 5.64. The molecule has 0 aromatic heterocycles. The van der Waals surface area contributed by atoms with Crippen LogP contribution >= 0.6 is 11.6 Å². The first-order valence-corrected chi connectivity index (χ1v) is 7.42. The average Bonchev–Trinajstić information content (AvgIpc) is 2.88. The largest absolute Gasteiger partial charge is 0.481 e. The van der Waals surface area contributed by atoms with E-state index in [0.717, 1.165) is 43.2 Å². The first-order chi connectivity index (χ1) is 9.01. The monoisotopic (exact) mass is 280 g/mol. The summed E-state index contributed by atoms with van der Waals surface area (Å²) in [4.78, 5) is 11.7. The summed E-state index contributed by atoms with van der Waals surface area (Å²) >= 11 is 6.36. The Morgan fingerprint density at radius 3 is 2.53 bits per heavy atom. The zero-order valence-electron chi connectivity index (χ0n) is 11.6. The summed E-state index contributed by atoms with van der Waals surface area (Å²) < 4.78 is 0. The fourth-order valence-corrected chi connectivity index (χ4v) is 3.42. The lowest BCUT2D eigenvalue weighted by Crippen LogP contribution is -2.32. The van der Waals surface area contributed by atoms with Crippen molar-refractivity contribution in [3.05, 3.63) is 34.3 Å². The molecule has 0 saturated heterocycles. The van der Waals surface area contributed by atoms with E-state index in [1.807, 2.05) is 18.2 Å². The predicted molar refractivity (Wildman–Crippen MR) is 77.9 cm³/mol. The summed E-state index contributed by atoms with van der Waals surface area (Å²) in [7, 11) is 0. The van der Waals surface area contributed by atoms with E-state index in [9.17, 15) is 9.90 Å². The average molecular weight is 281 g/mol. The highest BCUT2D eigenvalue weighted by Gasteiger charge is 2.43. The Kier molecular flexibility index (Phi) is 4.19. The maximum absolute atomic E-state index is 11.7. The Labute approximate surface area is 119 Å². The summed E-state index contributed by atoms with van der Waals surface area (Å²) in [5.74, 6) is -0.303. The van der Waals surface area contributed by atoms with Gasteiger partial charge in [-0.3, -0.25) is 4.79 Å². The van der Waals surface area contributed by atoms with Crippen LogP contribution in [0, 0.1) is 0 Å². The molecule has 0 spiro atoms. The summed E-state index contributed by atoms with van der Waals surface area (Å²) in [6.07, 6.45) is 4.44. The smallest absolute Gasteiger partial charge is 0.314 e. The Balaban J connectivity index is 2.41. The minimum Gasteiger partial charge on any atom is -0.481 e. The van der Waals surface area contributed by atoms with Gasteiger partial charge in [0.15, 0.2) is 0 Å². The van der Waals surface area contributed by atoms with E-state index >= 15 is 0 Å². The highest BCUT2D eigenvalue weighted by molar-refractivity contribution is 6.31. The number of halogens is 1. The van der Waals surface area contributed by atoms with Crippen molar-refractivity contribution < 1.29 is 9.90 Å². The van der Waals surface area contributed by atoms with Crippen molar-refractivity contribution in [2.24, 2.45) is 0 Å². The third kappa shape index (κ3) is 2.51. The molecule has 0 radical (unpaired) electrons. The molecule has 1 aliphatic carbocycles. The lowest BCUT2D eigenvalue weighted by molar-refractivity contribution is -0.143. The molecule has 2 nitrogen and oxygen atoms in total. The van der Waals surface area contributed by atoms with Gasteiger partial charge in [-0.05, 0) is 42.4 Å². The third-order valence-electron chi connectivity index (χ3n) is 4.56. The zero-order chi connectivity index (χ0) is 14.0. The molecule has 1 aliphatic rings.